The quantitative estimate of drug-likeness (QED) is 0.665. The predicted molar refractivity (Wildman–Crippen MR) is 101 cm³/mol. The summed E-state index contributed by atoms with van der Waals surface area (Å²) in [7, 11) is 0. The van der Waals surface area contributed by atoms with Gasteiger partial charge in [-0.2, -0.15) is 4.98 Å². The molecule has 0 atom stereocenters. The van der Waals surface area contributed by atoms with Crippen LogP contribution >= 0.6 is 22.9 Å². The first-order valence-corrected chi connectivity index (χ1v) is 9.84. The summed E-state index contributed by atoms with van der Waals surface area (Å²) < 4.78 is 5.46. The van der Waals surface area contributed by atoms with E-state index in [1.165, 1.54) is 0 Å². The second-order valence-electron chi connectivity index (χ2n) is 6.40. The lowest BCUT2D eigenvalue weighted by Gasteiger charge is -2.30. The summed E-state index contributed by atoms with van der Waals surface area (Å²) in [6.07, 6.45) is 2.06. The van der Waals surface area contributed by atoms with Crippen LogP contribution in [-0.2, 0) is 11.2 Å². The van der Waals surface area contributed by atoms with Gasteiger partial charge < -0.3 is 9.42 Å². The normalized spacial score (nSPS) is 15.3. The molecule has 0 bridgehead atoms. The number of carbonyl (C=O) groups excluding carboxylic acids is 1. The molecule has 1 saturated heterocycles. The number of carbonyl (C=O) groups is 1. The number of hydrogen-bond acceptors (Lipinski definition) is 5. The van der Waals surface area contributed by atoms with Crippen LogP contribution in [-0.4, -0.2) is 34.0 Å². The monoisotopic (exact) mass is 387 g/mol. The summed E-state index contributed by atoms with van der Waals surface area (Å²) in [5.41, 5.74) is 0.946. The Hall–Kier alpha value is -2.18. The van der Waals surface area contributed by atoms with Crippen molar-refractivity contribution in [1.82, 2.24) is 15.0 Å². The maximum Gasteiger partial charge on any atom is 0.230 e. The van der Waals surface area contributed by atoms with E-state index in [1.54, 1.807) is 11.3 Å². The number of halogens is 1. The molecule has 3 heterocycles. The van der Waals surface area contributed by atoms with Crippen LogP contribution in [0.3, 0.4) is 0 Å². The van der Waals surface area contributed by atoms with Gasteiger partial charge in [-0.3, -0.25) is 4.79 Å². The van der Waals surface area contributed by atoms with Gasteiger partial charge in [0.25, 0.3) is 0 Å². The molecular weight excluding hydrogens is 370 g/mol. The van der Waals surface area contributed by atoms with E-state index in [0.29, 0.717) is 36.2 Å². The highest BCUT2D eigenvalue weighted by Crippen LogP contribution is 2.30. The summed E-state index contributed by atoms with van der Waals surface area (Å²) in [6.45, 7) is 1.42. The van der Waals surface area contributed by atoms with Crippen LogP contribution in [0.15, 0.2) is 46.3 Å². The predicted octanol–water partition coefficient (Wildman–Crippen LogP) is 4.40. The molecule has 134 valence electrons. The first kappa shape index (κ1) is 17.2. The molecule has 0 saturated carbocycles. The second kappa shape index (κ2) is 7.60. The zero-order valence-corrected chi connectivity index (χ0v) is 15.7. The third-order valence-electron chi connectivity index (χ3n) is 4.62. The summed E-state index contributed by atoms with van der Waals surface area (Å²) in [6, 6.07) is 11.4. The maximum atomic E-state index is 12.5. The fourth-order valence-corrected chi connectivity index (χ4v) is 4.08. The van der Waals surface area contributed by atoms with E-state index in [0.717, 1.165) is 23.3 Å². The largest absolute Gasteiger partial charge is 0.342 e. The Bertz CT molecular complexity index is 886. The minimum atomic E-state index is 0.135. The molecular formula is C19H18ClN3O2S. The van der Waals surface area contributed by atoms with E-state index in [-0.39, 0.29) is 11.8 Å². The van der Waals surface area contributed by atoms with E-state index < -0.39 is 0 Å². The maximum absolute atomic E-state index is 12.5. The van der Waals surface area contributed by atoms with Crippen LogP contribution in [0.5, 0.6) is 0 Å². The third kappa shape index (κ3) is 3.81. The van der Waals surface area contributed by atoms with E-state index in [1.807, 2.05) is 46.7 Å². The van der Waals surface area contributed by atoms with Gasteiger partial charge >= 0.3 is 0 Å². The smallest absolute Gasteiger partial charge is 0.230 e. The molecule has 7 heteroatoms. The van der Waals surface area contributed by atoms with Crippen molar-refractivity contribution in [3.63, 3.8) is 0 Å². The van der Waals surface area contributed by atoms with Crippen molar-refractivity contribution in [2.24, 2.45) is 0 Å². The average Bonchev–Trinajstić information content (AvgIpc) is 3.33. The fraction of sp³-hybridized carbons (Fsp3) is 0.316. The van der Waals surface area contributed by atoms with Crippen molar-refractivity contribution >= 4 is 28.8 Å². The van der Waals surface area contributed by atoms with Crippen molar-refractivity contribution in [2.75, 3.05) is 13.1 Å². The number of thiophene rings is 1. The Labute approximate surface area is 160 Å². The standard InChI is InChI=1S/C19H18ClN3O2S/c20-15-4-1-3-13(11-15)12-17(24)23-8-6-14(7-9-23)19-21-18(22-25-19)16-5-2-10-26-16/h1-5,10-11,14H,6-9,12H2. The number of benzene rings is 1. The molecule has 1 amide bonds. The van der Waals surface area contributed by atoms with Crippen LogP contribution in [0.1, 0.15) is 30.2 Å². The van der Waals surface area contributed by atoms with Crippen molar-refractivity contribution < 1.29 is 9.32 Å². The lowest BCUT2D eigenvalue weighted by atomic mass is 9.96. The van der Waals surface area contributed by atoms with Gasteiger partial charge in [0.2, 0.25) is 17.6 Å². The van der Waals surface area contributed by atoms with E-state index >= 15 is 0 Å². The van der Waals surface area contributed by atoms with Gasteiger partial charge in [0.05, 0.1) is 11.3 Å². The first-order chi connectivity index (χ1) is 12.7. The van der Waals surface area contributed by atoms with Gasteiger partial charge in [-0.15, -0.1) is 11.3 Å². The molecule has 1 aliphatic rings. The average molecular weight is 388 g/mol. The van der Waals surface area contributed by atoms with Crippen LogP contribution < -0.4 is 0 Å². The summed E-state index contributed by atoms with van der Waals surface area (Å²) in [4.78, 5) is 20.0. The number of aromatic nitrogens is 2. The van der Waals surface area contributed by atoms with Gasteiger partial charge in [0.15, 0.2) is 0 Å². The molecule has 0 aliphatic carbocycles. The second-order valence-corrected chi connectivity index (χ2v) is 7.78. The molecule has 1 aliphatic heterocycles. The Morgan fingerprint density at radius 3 is 2.85 bits per heavy atom. The topological polar surface area (TPSA) is 59.2 Å². The zero-order chi connectivity index (χ0) is 17.9. The van der Waals surface area contributed by atoms with Crippen molar-refractivity contribution in [1.29, 1.82) is 0 Å². The molecule has 0 spiro atoms. The molecule has 26 heavy (non-hydrogen) atoms. The van der Waals surface area contributed by atoms with E-state index in [2.05, 4.69) is 10.1 Å². The van der Waals surface area contributed by atoms with Gasteiger partial charge in [0.1, 0.15) is 0 Å². The number of likely N-dealkylation sites (tertiary alicyclic amines) is 1. The Kier molecular flexibility index (Phi) is 5.04. The van der Waals surface area contributed by atoms with E-state index in [4.69, 9.17) is 16.1 Å². The van der Waals surface area contributed by atoms with E-state index in [9.17, 15) is 4.79 Å². The highest BCUT2D eigenvalue weighted by atomic mass is 35.5. The fourth-order valence-electron chi connectivity index (χ4n) is 3.22. The summed E-state index contributed by atoms with van der Waals surface area (Å²) >= 11 is 7.59. The minimum Gasteiger partial charge on any atom is -0.342 e. The van der Waals surface area contributed by atoms with Gasteiger partial charge in [-0.1, -0.05) is 35.0 Å². The van der Waals surface area contributed by atoms with Crippen LogP contribution in [0.25, 0.3) is 10.7 Å². The number of piperidine rings is 1. The van der Waals surface area contributed by atoms with Crippen molar-refractivity contribution in [3.05, 3.63) is 58.3 Å². The van der Waals surface area contributed by atoms with Crippen molar-refractivity contribution in [3.8, 4) is 10.7 Å². The lowest BCUT2D eigenvalue weighted by Crippen LogP contribution is -2.38. The van der Waals surface area contributed by atoms with Crippen LogP contribution in [0.2, 0.25) is 5.02 Å². The van der Waals surface area contributed by atoms with Gasteiger partial charge in [-0.25, -0.2) is 0 Å². The van der Waals surface area contributed by atoms with Crippen LogP contribution in [0, 0.1) is 0 Å². The molecule has 4 rings (SSSR count). The molecule has 2 aromatic heterocycles. The Morgan fingerprint density at radius 1 is 1.27 bits per heavy atom. The molecule has 0 radical (unpaired) electrons. The zero-order valence-electron chi connectivity index (χ0n) is 14.1. The third-order valence-corrected chi connectivity index (χ3v) is 5.73. The highest BCUT2D eigenvalue weighted by molar-refractivity contribution is 7.13. The number of amides is 1. The van der Waals surface area contributed by atoms with Crippen LogP contribution in [0.4, 0.5) is 0 Å². The Balaban J connectivity index is 1.34. The summed E-state index contributed by atoms with van der Waals surface area (Å²) in [5.74, 6) is 1.67. The Morgan fingerprint density at radius 2 is 2.12 bits per heavy atom. The van der Waals surface area contributed by atoms with Gasteiger partial charge in [0, 0.05) is 24.0 Å². The molecule has 0 unspecified atom stereocenters. The molecule has 3 aromatic rings. The van der Waals surface area contributed by atoms with Crippen molar-refractivity contribution in [2.45, 2.75) is 25.2 Å². The number of hydrogen-bond donors (Lipinski definition) is 0. The lowest BCUT2D eigenvalue weighted by molar-refractivity contribution is -0.131. The molecule has 5 nitrogen and oxygen atoms in total. The molecule has 1 fully saturated rings. The molecule has 0 N–H and O–H groups in total. The SMILES string of the molecule is O=C(Cc1cccc(Cl)c1)N1CCC(c2nc(-c3cccs3)no2)CC1. The summed E-state index contributed by atoms with van der Waals surface area (Å²) in [5, 5.41) is 6.74. The molecule has 1 aromatic carbocycles. The number of nitrogens with zero attached hydrogens (tertiary/aromatic N) is 3. The number of rotatable bonds is 4. The minimum absolute atomic E-state index is 0.135. The first-order valence-electron chi connectivity index (χ1n) is 8.59. The highest BCUT2D eigenvalue weighted by Gasteiger charge is 2.27. The van der Waals surface area contributed by atoms with Gasteiger partial charge in [-0.05, 0) is 42.0 Å².